The molecule has 5 nitrogen and oxygen atoms in total. The van der Waals surface area contributed by atoms with Crippen molar-refractivity contribution in [3.8, 4) is 0 Å². The van der Waals surface area contributed by atoms with Crippen LogP contribution in [-0.4, -0.2) is 47.2 Å². The molecule has 3 fully saturated rings. The standard InChI is InChI=1S/C19H26N2O3/c1-14-7-15(10-20-9-14)11-23-17-5-6-24-19(8-17)12-21(13-19)18(22)16-3-2-4-16/h7,9-10,16-17H,2-6,8,11-13H2,1H3. The first-order valence-corrected chi connectivity index (χ1v) is 9.08. The number of carbonyl (C=O) groups is 1. The van der Waals surface area contributed by atoms with E-state index in [0.29, 0.717) is 12.5 Å². The van der Waals surface area contributed by atoms with E-state index in [2.05, 4.69) is 11.1 Å². The average molecular weight is 330 g/mol. The summed E-state index contributed by atoms with van der Waals surface area (Å²) in [6.07, 6.45) is 9.09. The fraction of sp³-hybridized carbons (Fsp3) is 0.684. The summed E-state index contributed by atoms with van der Waals surface area (Å²) >= 11 is 0. The highest BCUT2D eigenvalue weighted by molar-refractivity contribution is 5.80. The van der Waals surface area contributed by atoms with Gasteiger partial charge in [0.05, 0.1) is 25.8 Å². The van der Waals surface area contributed by atoms with E-state index in [4.69, 9.17) is 9.47 Å². The van der Waals surface area contributed by atoms with Gasteiger partial charge in [-0.1, -0.05) is 12.5 Å². The van der Waals surface area contributed by atoms with Gasteiger partial charge in [-0.15, -0.1) is 0 Å². The molecule has 1 atom stereocenters. The average Bonchev–Trinajstić information content (AvgIpc) is 2.49. The Morgan fingerprint density at radius 1 is 1.38 bits per heavy atom. The third-order valence-electron chi connectivity index (χ3n) is 5.59. The van der Waals surface area contributed by atoms with Crippen LogP contribution < -0.4 is 0 Å². The number of rotatable bonds is 4. The van der Waals surface area contributed by atoms with E-state index >= 15 is 0 Å². The number of hydrogen-bond donors (Lipinski definition) is 0. The maximum atomic E-state index is 12.3. The first kappa shape index (κ1) is 16.0. The van der Waals surface area contributed by atoms with E-state index < -0.39 is 0 Å². The maximum Gasteiger partial charge on any atom is 0.225 e. The molecule has 0 bridgehead atoms. The number of ether oxygens (including phenoxy) is 2. The first-order chi connectivity index (χ1) is 11.6. The number of aromatic nitrogens is 1. The van der Waals surface area contributed by atoms with Gasteiger partial charge in [-0.25, -0.2) is 0 Å². The summed E-state index contributed by atoms with van der Waals surface area (Å²) < 4.78 is 12.1. The van der Waals surface area contributed by atoms with Crippen molar-refractivity contribution < 1.29 is 14.3 Å². The molecular weight excluding hydrogens is 304 g/mol. The highest BCUT2D eigenvalue weighted by Crippen LogP contribution is 2.38. The molecule has 1 saturated carbocycles. The minimum Gasteiger partial charge on any atom is -0.373 e. The van der Waals surface area contributed by atoms with Crippen molar-refractivity contribution in [2.45, 2.75) is 57.3 Å². The molecular formula is C19H26N2O3. The molecule has 1 spiro atoms. The molecule has 1 amide bonds. The highest BCUT2D eigenvalue weighted by atomic mass is 16.5. The molecule has 0 N–H and O–H groups in total. The topological polar surface area (TPSA) is 51.7 Å². The number of nitrogens with zero attached hydrogens (tertiary/aromatic N) is 2. The molecule has 2 saturated heterocycles. The van der Waals surface area contributed by atoms with Crippen molar-refractivity contribution in [3.63, 3.8) is 0 Å². The van der Waals surface area contributed by atoms with E-state index in [9.17, 15) is 4.79 Å². The van der Waals surface area contributed by atoms with Crippen LogP contribution in [0.5, 0.6) is 0 Å². The Hall–Kier alpha value is -1.46. The zero-order valence-corrected chi connectivity index (χ0v) is 14.4. The van der Waals surface area contributed by atoms with Crippen molar-refractivity contribution in [2.24, 2.45) is 5.92 Å². The van der Waals surface area contributed by atoms with Crippen molar-refractivity contribution in [1.29, 1.82) is 0 Å². The molecule has 130 valence electrons. The second kappa shape index (κ2) is 6.45. The zero-order valence-electron chi connectivity index (χ0n) is 14.4. The third kappa shape index (κ3) is 3.20. The normalized spacial score (nSPS) is 26.0. The molecule has 5 heteroatoms. The van der Waals surface area contributed by atoms with Gasteiger partial charge in [0.1, 0.15) is 5.60 Å². The van der Waals surface area contributed by atoms with Crippen LogP contribution in [0.25, 0.3) is 0 Å². The number of aryl methyl sites for hydroxylation is 1. The van der Waals surface area contributed by atoms with Crippen LogP contribution >= 0.6 is 0 Å². The van der Waals surface area contributed by atoms with Crippen LogP contribution in [0.4, 0.5) is 0 Å². The Morgan fingerprint density at radius 2 is 2.21 bits per heavy atom. The number of amides is 1. The largest absolute Gasteiger partial charge is 0.373 e. The van der Waals surface area contributed by atoms with Crippen LogP contribution in [0.1, 0.15) is 43.2 Å². The SMILES string of the molecule is Cc1cncc(COC2CCOC3(C2)CN(C(=O)C2CCC2)C3)c1. The lowest BCUT2D eigenvalue weighted by molar-refractivity contribution is -0.205. The summed E-state index contributed by atoms with van der Waals surface area (Å²) in [4.78, 5) is 18.5. The van der Waals surface area contributed by atoms with E-state index in [-0.39, 0.29) is 17.6 Å². The Labute approximate surface area is 143 Å². The minimum absolute atomic E-state index is 0.160. The summed E-state index contributed by atoms with van der Waals surface area (Å²) in [5.74, 6) is 0.621. The second-order valence-corrected chi connectivity index (χ2v) is 7.65. The lowest BCUT2D eigenvalue weighted by Crippen LogP contribution is -2.68. The Bertz CT molecular complexity index is 608. The van der Waals surface area contributed by atoms with Crippen molar-refractivity contribution in [2.75, 3.05) is 19.7 Å². The van der Waals surface area contributed by atoms with Gasteiger partial charge in [0, 0.05) is 31.3 Å². The zero-order chi connectivity index (χ0) is 16.6. The number of likely N-dealkylation sites (tertiary alicyclic amines) is 1. The predicted octanol–water partition coefficient (Wildman–Crippen LogP) is 2.47. The molecule has 1 unspecified atom stereocenters. The summed E-state index contributed by atoms with van der Waals surface area (Å²) in [6.45, 7) is 4.85. The number of pyridine rings is 1. The fourth-order valence-corrected chi connectivity index (χ4v) is 3.97. The van der Waals surface area contributed by atoms with E-state index in [1.807, 2.05) is 24.2 Å². The Balaban J connectivity index is 1.28. The fourth-order valence-electron chi connectivity index (χ4n) is 3.97. The molecule has 4 rings (SSSR count). The van der Waals surface area contributed by atoms with Crippen LogP contribution in [-0.2, 0) is 20.9 Å². The van der Waals surface area contributed by atoms with Gasteiger partial charge in [0.25, 0.3) is 0 Å². The van der Waals surface area contributed by atoms with Crippen LogP contribution in [0.15, 0.2) is 18.5 Å². The first-order valence-electron chi connectivity index (χ1n) is 9.08. The highest BCUT2D eigenvalue weighted by Gasteiger charge is 2.50. The molecule has 1 aliphatic carbocycles. The van der Waals surface area contributed by atoms with E-state index in [1.54, 1.807) is 0 Å². The molecule has 0 radical (unpaired) electrons. The second-order valence-electron chi connectivity index (χ2n) is 7.65. The van der Waals surface area contributed by atoms with Gasteiger partial charge in [0.15, 0.2) is 0 Å². The van der Waals surface area contributed by atoms with Crippen molar-refractivity contribution in [1.82, 2.24) is 9.88 Å². The van der Waals surface area contributed by atoms with Crippen molar-refractivity contribution in [3.05, 3.63) is 29.6 Å². The number of carbonyl (C=O) groups excluding carboxylic acids is 1. The van der Waals surface area contributed by atoms with Crippen LogP contribution in [0, 0.1) is 12.8 Å². The third-order valence-corrected chi connectivity index (χ3v) is 5.59. The summed E-state index contributed by atoms with van der Waals surface area (Å²) in [5, 5.41) is 0. The van der Waals surface area contributed by atoms with Gasteiger partial charge >= 0.3 is 0 Å². The summed E-state index contributed by atoms with van der Waals surface area (Å²) in [6, 6.07) is 2.12. The van der Waals surface area contributed by atoms with Gasteiger partial charge in [-0.2, -0.15) is 0 Å². The lowest BCUT2D eigenvalue weighted by atomic mass is 9.80. The van der Waals surface area contributed by atoms with Gasteiger partial charge in [0.2, 0.25) is 5.91 Å². The summed E-state index contributed by atoms with van der Waals surface area (Å²) in [5.41, 5.74) is 2.11. The van der Waals surface area contributed by atoms with E-state index in [0.717, 1.165) is 56.5 Å². The Kier molecular flexibility index (Phi) is 4.31. The van der Waals surface area contributed by atoms with E-state index in [1.165, 1.54) is 6.42 Å². The molecule has 1 aromatic rings. The Morgan fingerprint density at radius 3 is 2.92 bits per heavy atom. The quantitative estimate of drug-likeness (QED) is 0.851. The lowest BCUT2D eigenvalue weighted by Gasteiger charge is -2.54. The monoisotopic (exact) mass is 330 g/mol. The van der Waals surface area contributed by atoms with Crippen LogP contribution in [0.2, 0.25) is 0 Å². The van der Waals surface area contributed by atoms with Gasteiger partial charge in [-0.05, 0) is 37.3 Å². The predicted molar refractivity (Wildman–Crippen MR) is 89.4 cm³/mol. The molecule has 3 aliphatic rings. The summed E-state index contributed by atoms with van der Waals surface area (Å²) in [7, 11) is 0. The molecule has 1 aromatic heterocycles. The smallest absolute Gasteiger partial charge is 0.225 e. The van der Waals surface area contributed by atoms with Gasteiger partial charge in [-0.3, -0.25) is 9.78 Å². The van der Waals surface area contributed by atoms with Crippen LogP contribution in [0.3, 0.4) is 0 Å². The maximum absolute atomic E-state index is 12.3. The molecule has 2 aliphatic heterocycles. The molecule has 0 aromatic carbocycles. The molecule has 24 heavy (non-hydrogen) atoms. The number of hydrogen-bond acceptors (Lipinski definition) is 4. The minimum atomic E-state index is -0.160. The van der Waals surface area contributed by atoms with Crippen molar-refractivity contribution >= 4 is 5.91 Å². The molecule has 3 heterocycles. The van der Waals surface area contributed by atoms with Gasteiger partial charge < -0.3 is 14.4 Å².